The third-order valence-electron chi connectivity index (χ3n) is 4.93. The van der Waals surface area contributed by atoms with Gasteiger partial charge in [-0.05, 0) is 53.1 Å². The van der Waals surface area contributed by atoms with Gasteiger partial charge in [-0.25, -0.2) is 16.8 Å². The summed E-state index contributed by atoms with van der Waals surface area (Å²) in [6.07, 6.45) is 0. The van der Waals surface area contributed by atoms with Gasteiger partial charge < -0.3 is 10.1 Å². The second kappa shape index (κ2) is 12.0. The monoisotopic (exact) mass is 529 g/mol. The molecule has 0 saturated carbocycles. The average Bonchev–Trinajstić information content (AvgIpc) is 2.85. The first-order valence-electron chi connectivity index (χ1n) is 10.2. The third kappa shape index (κ3) is 7.64. The van der Waals surface area contributed by atoms with Crippen molar-refractivity contribution in [3.8, 4) is 0 Å². The van der Waals surface area contributed by atoms with Crippen molar-refractivity contribution in [2.45, 2.75) is 27.8 Å². The highest BCUT2D eigenvalue weighted by Gasteiger charge is 2.14. The van der Waals surface area contributed by atoms with E-state index in [1.807, 2.05) is 30.3 Å². The summed E-state index contributed by atoms with van der Waals surface area (Å²) in [6.45, 7) is 1.71. The molecular weight excluding hydrogens is 508 g/mol. The third-order valence-corrected chi connectivity index (χ3v) is 8.16. The Morgan fingerprint density at radius 2 is 1.29 bits per heavy atom. The Morgan fingerprint density at radius 1 is 0.771 bits per heavy atom. The summed E-state index contributed by atoms with van der Waals surface area (Å²) in [5.74, 6) is 0.795. The molecule has 0 aliphatic carbocycles. The molecular formula is C22H21N6O4S3-. The van der Waals surface area contributed by atoms with E-state index in [4.69, 9.17) is 11.1 Å². The fourth-order valence-corrected chi connectivity index (χ4v) is 5.40. The number of azide groups is 1. The van der Waals surface area contributed by atoms with E-state index in [9.17, 15) is 16.8 Å². The molecule has 0 aromatic heterocycles. The van der Waals surface area contributed by atoms with E-state index in [-0.39, 0.29) is 9.79 Å². The van der Waals surface area contributed by atoms with Gasteiger partial charge in [0, 0.05) is 39.7 Å². The van der Waals surface area contributed by atoms with Crippen molar-refractivity contribution >= 4 is 31.8 Å². The maximum atomic E-state index is 11.9. The normalized spacial score (nSPS) is 11.7. The number of rotatable bonds is 12. The fourth-order valence-electron chi connectivity index (χ4n) is 3.22. The summed E-state index contributed by atoms with van der Waals surface area (Å²) in [6, 6.07) is 22.2. The van der Waals surface area contributed by atoms with Crippen LogP contribution in [0.25, 0.3) is 16.0 Å². The Labute approximate surface area is 208 Å². The Bertz CT molecular complexity index is 1410. The SMILES string of the molecule is [N-]=NS(=O)(=O)c1ccc(CN(CCSc2ccccc2)Cc2ccc(S(=O)(=O)N=[N+]=[N-])cc2)cc1. The lowest BCUT2D eigenvalue weighted by atomic mass is 10.1. The van der Waals surface area contributed by atoms with Gasteiger partial charge in [-0.2, -0.15) is 0 Å². The number of hydrogen-bond donors (Lipinski definition) is 0. The Balaban J connectivity index is 1.75. The minimum absolute atomic E-state index is 0.0867. The Kier molecular flexibility index (Phi) is 9.01. The van der Waals surface area contributed by atoms with Gasteiger partial charge in [0.1, 0.15) is 0 Å². The van der Waals surface area contributed by atoms with Gasteiger partial charge in [0.05, 0.1) is 9.79 Å². The van der Waals surface area contributed by atoms with E-state index in [1.165, 1.54) is 24.3 Å². The average molecular weight is 530 g/mol. The molecule has 0 unspecified atom stereocenters. The molecule has 0 N–H and O–H groups in total. The lowest BCUT2D eigenvalue weighted by Gasteiger charge is -2.23. The van der Waals surface area contributed by atoms with Crippen LogP contribution in [0.3, 0.4) is 0 Å². The molecule has 3 aromatic carbocycles. The van der Waals surface area contributed by atoms with Crippen LogP contribution in [0.15, 0.2) is 103 Å². The minimum atomic E-state index is -4.07. The van der Waals surface area contributed by atoms with E-state index >= 15 is 0 Å². The molecule has 0 atom stereocenters. The van der Waals surface area contributed by atoms with E-state index < -0.39 is 20.0 Å². The smallest absolute Gasteiger partial charge is 0.264 e. The van der Waals surface area contributed by atoms with Gasteiger partial charge in [-0.15, -0.1) is 11.8 Å². The molecule has 0 spiro atoms. The number of sulfonamides is 2. The van der Waals surface area contributed by atoms with Crippen LogP contribution >= 0.6 is 11.8 Å². The number of hydrogen-bond acceptors (Lipinski definition) is 6. The van der Waals surface area contributed by atoms with Gasteiger partial charge in [0.25, 0.3) is 20.0 Å². The summed E-state index contributed by atoms with van der Waals surface area (Å²) in [7, 11) is -8.12. The lowest BCUT2D eigenvalue weighted by molar-refractivity contribution is 0.274. The van der Waals surface area contributed by atoms with Crippen LogP contribution < -0.4 is 0 Å². The van der Waals surface area contributed by atoms with Crippen molar-refractivity contribution in [1.29, 1.82) is 0 Å². The fraction of sp³-hybridized carbons (Fsp3) is 0.182. The van der Waals surface area contributed by atoms with Gasteiger partial charge in [-0.1, -0.05) is 42.5 Å². The quantitative estimate of drug-likeness (QED) is 0.136. The number of benzene rings is 3. The largest absolute Gasteiger partial charge is 0.695 e. The first-order chi connectivity index (χ1) is 16.7. The second-order valence-electron chi connectivity index (χ2n) is 7.36. The van der Waals surface area contributed by atoms with Gasteiger partial charge in [-0.3, -0.25) is 4.90 Å². The topological polar surface area (TPSA) is 155 Å². The van der Waals surface area contributed by atoms with Gasteiger partial charge in [0.2, 0.25) is 0 Å². The van der Waals surface area contributed by atoms with Crippen molar-refractivity contribution in [3.63, 3.8) is 0 Å². The summed E-state index contributed by atoms with van der Waals surface area (Å²) in [5, 5.41) is 0. The number of nitrogens with zero attached hydrogens (tertiary/aromatic N) is 6. The first-order valence-corrected chi connectivity index (χ1v) is 14.1. The molecule has 0 heterocycles. The molecule has 10 nitrogen and oxygen atoms in total. The minimum Gasteiger partial charge on any atom is -0.695 e. The molecule has 0 saturated heterocycles. The molecule has 182 valence electrons. The standard InChI is InChI=1S/C22H21N6O4S3/c23-25-27-35(31,32)22-12-8-19(9-13-22)17-28(14-15-33-20-4-2-1-3-5-20)16-18-6-10-21(11-7-18)34(29,30)26-24/h1-13H,14-17H2/q-1. The molecule has 0 aliphatic rings. The molecule has 0 bridgehead atoms. The summed E-state index contributed by atoms with van der Waals surface area (Å²) >= 11 is 1.70. The summed E-state index contributed by atoms with van der Waals surface area (Å²) in [4.78, 5) is 5.45. The second-order valence-corrected chi connectivity index (χ2v) is 11.7. The lowest BCUT2D eigenvalue weighted by Crippen LogP contribution is -2.25. The van der Waals surface area contributed by atoms with Crippen molar-refractivity contribution in [3.05, 3.63) is 106 Å². The highest BCUT2D eigenvalue weighted by atomic mass is 32.2. The van der Waals surface area contributed by atoms with E-state index in [0.29, 0.717) is 19.6 Å². The molecule has 35 heavy (non-hydrogen) atoms. The predicted octanol–water partition coefficient (Wildman–Crippen LogP) is 5.19. The summed E-state index contributed by atoms with van der Waals surface area (Å²) in [5.41, 5.74) is 18.8. The van der Waals surface area contributed by atoms with Crippen LogP contribution in [0.2, 0.25) is 0 Å². The highest BCUT2D eigenvalue weighted by Crippen LogP contribution is 2.20. The van der Waals surface area contributed by atoms with Crippen LogP contribution in [-0.2, 0) is 33.1 Å². The number of thioether (sulfide) groups is 1. The molecule has 0 amide bonds. The van der Waals surface area contributed by atoms with Crippen molar-refractivity contribution < 1.29 is 16.8 Å². The molecule has 13 heteroatoms. The first kappa shape index (κ1) is 26.4. The zero-order chi connectivity index (χ0) is 25.3. The maximum absolute atomic E-state index is 11.9. The van der Waals surface area contributed by atoms with Crippen LogP contribution in [0.5, 0.6) is 0 Å². The van der Waals surface area contributed by atoms with Crippen molar-refractivity contribution in [2.24, 2.45) is 9.04 Å². The van der Waals surface area contributed by atoms with E-state index in [2.05, 4.69) is 18.9 Å². The highest BCUT2D eigenvalue weighted by molar-refractivity contribution is 7.99. The van der Waals surface area contributed by atoms with Gasteiger partial charge >= 0.3 is 0 Å². The van der Waals surface area contributed by atoms with Crippen LogP contribution in [0, 0.1) is 0 Å². The van der Waals surface area contributed by atoms with Crippen molar-refractivity contribution in [1.82, 2.24) is 4.90 Å². The van der Waals surface area contributed by atoms with Crippen LogP contribution in [-0.4, -0.2) is 34.0 Å². The van der Waals surface area contributed by atoms with E-state index in [1.54, 1.807) is 36.0 Å². The molecule has 3 rings (SSSR count). The maximum Gasteiger partial charge on any atom is 0.264 e. The van der Waals surface area contributed by atoms with Crippen LogP contribution in [0.1, 0.15) is 11.1 Å². The zero-order valence-corrected chi connectivity index (χ0v) is 20.8. The molecule has 0 aliphatic heterocycles. The molecule has 3 aromatic rings. The van der Waals surface area contributed by atoms with Crippen LogP contribution in [0.4, 0.5) is 0 Å². The zero-order valence-electron chi connectivity index (χ0n) is 18.4. The van der Waals surface area contributed by atoms with Crippen molar-refractivity contribution in [2.75, 3.05) is 12.3 Å². The Morgan fingerprint density at radius 3 is 1.77 bits per heavy atom. The molecule has 0 radical (unpaired) electrons. The summed E-state index contributed by atoms with van der Waals surface area (Å²) < 4.78 is 52.5. The predicted molar refractivity (Wildman–Crippen MR) is 133 cm³/mol. The Hall–Kier alpha value is -3.22. The molecule has 0 fully saturated rings. The van der Waals surface area contributed by atoms with E-state index in [0.717, 1.165) is 21.8 Å². The van der Waals surface area contributed by atoms with Gasteiger partial charge in [0.15, 0.2) is 0 Å².